The number of para-hydroxylation sites is 1. The maximum Gasteiger partial charge on any atom is 0.296 e. The van der Waals surface area contributed by atoms with Gasteiger partial charge in [0.15, 0.2) is 0 Å². The van der Waals surface area contributed by atoms with Crippen LogP contribution >= 0.6 is 0 Å². The number of amides is 1. The molecule has 3 aromatic rings. The zero-order chi connectivity index (χ0) is 24.4. The number of carbonyl (C=O) groups excluding carboxylic acids is 2. The second-order valence-corrected chi connectivity index (χ2v) is 8.91. The predicted octanol–water partition coefficient (Wildman–Crippen LogP) is 4.37. The Morgan fingerprint density at radius 1 is 1.00 bits per heavy atom. The quantitative estimate of drug-likeness (QED) is 0.326. The average Bonchev–Trinajstić information content (AvgIpc) is 3.52. The molecule has 180 valence electrons. The van der Waals surface area contributed by atoms with Crippen LogP contribution in [-0.4, -0.2) is 52.8 Å². The molecule has 7 heteroatoms. The van der Waals surface area contributed by atoms with E-state index in [-0.39, 0.29) is 17.4 Å². The topological polar surface area (TPSA) is 83.2 Å². The Bertz CT molecular complexity index is 1230. The normalized spacial score (nSPS) is 20.9. The Hall–Kier alpha value is -3.84. The molecule has 2 aliphatic heterocycles. The second-order valence-electron chi connectivity index (χ2n) is 8.91. The molecule has 0 radical (unpaired) electrons. The van der Waals surface area contributed by atoms with Gasteiger partial charge in [-0.2, -0.15) is 0 Å². The Morgan fingerprint density at radius 3 is 2.40 bits per heavy atom. The van der Waals surface area contributed by atoms with E-state index in [1.54, 1.807) is 41.3 Å². The van der Waals surface area contributed by atoms with Gasteiger partial charge in [0.05, 0.1) is 24.5 Å². The van der Waals surface area contributed by atoms with E-state index in [0.29, 0.717) is 17.1 Å². The van der Waals surface area contributed by atoms with Gasteiger partial charge in [0.2, 0.25) is 0 Å². The van der Waals surface area contributed by atoms with Crippen LogP contribution in [0.5, 0.6) is 5.75 Å². The number of nitrogens with zero attached hydrogens (tertiary/aromatic N) is 2. The van der Waals surface area contributed by atoms with Crippen LogP contribution in [0, 0.1) is 0 Å². The minimum absolute atomic E-state index is 0.0289. The van der Waals surface area contributed by atoms with Crippen molar-refractivity contribution in [2.45, 2.75) is 31.5 Å². The Kier molecular flexibility index (Phi) is 6.42. The van der Waals surface area contributed by atoms with E-state index >= 15 is 0 Å². The molecule has 0 aliphatic carbocycles. The second kappa shape index (κ2) is 9.80. The molecule has 1 aromatic heterocycles. The third-order valence-electron chi connectivity index (χ3n) is 6.85. The lowest BCUT2D eigenvalue weighted by atomic mass is 9.96. The van der Waals surface area contributed by atoms with Crippen LogP contribution in [0.25, 0.3) is 5.76 Å². The number of likely N-dealkylation sites (tertiary alicyclic amines) is 2. The molecule has 1 amide bonds. The van der Waals surface area contributed by atoms with Crippen LogP contribution in [0.3, 0.4) is 0 Å². The van der Waals surface area contributed by atoms with E-state index in [1.807, 2.05) is 18.2 Å². The van der Waals surface area contributed by atoms with Crippen molar-refractivity contribution < 1.29 is 23.8 Å². The van der Waals surface area contributed by atoms with Gasteiger partial charge in [-0.05, 0) is 42.7 Å². The number of furan rings is 1. The van der Waals surface area contributed by atoms with Crippen LogP contribution in [-0.2, 0) is 16.1 Å². The fourth-order valence-electron chi connectivity index (χ4n) is 5.14. The number of hydrogen-bond acceptors (Lipinski definition) is 6. The molecule has 0 bridgehead atoms. The van der Waals surface area contributed by atoms with Gasteiger partial charge in [-0.25, -0.2) is 0 Å². The highest BCUT2D eigenvalue weighted by Gasteiger charge is 2.50. The van der Waals surface area contributed by atoms with Crippen LogP contribution in [0.1, 0.15) is 35.8 Å². The highest BCUT2D eigenvalue weighted by Crippen LogP contribution is 2.43. The zero-order valence-electron chi connectivity index (χ0n) is 19.6. The number of carbonyl (C=O) groups is 2. The van der Waals surface area contributed by atoms with Gasteiger partial charge in [0.25, 0.3) is 11.7 Å². The third-order valence-corrected chi connectivity index (χ3v) is 6.85. The van der Waals surface area contributed by atoms with Gasteiger partial charge >= 0.3 is 0 Å². The third kappa shape index (κ3) is 4.35. The number of Topliss-reactive ketones (excluding diaryl/α,β-unsaturated/α-hetero) is 1. The minimum Gasteiger partial charge on any atom is -0.507 e. The molecule has 1 unspecified atom stereocenters. The lowest BCUT2D eigenvalue weighted by molar-refractivity contribution is -0.142. The van der Waals surface area contributed by atoms with Crippen molar-refractivity contribution in [1.82, 2.24) is 9.80 Å². The van der Waals surface area contributed by atoms with Crippen LogP contribution in [0.4, 0.5) is 0 Å². The summed E-state index contributed by atoms with van der Waals surface area (Å²) in [5.74, 6) is -0.701. The largest absolute Gasteiger partial charge is 0.507 e. The summed E-state index contributed by atoms with van der Waals surface area (Å²) >= 11 is 0. The summed E-state index contributed by atoms with van der Waals surface area (Å²) in [7, 11) is 1.50. The lowest BCUT2D eigenvalue weighted by Crippen LogP contribution is -2.46. The van der Waals surface area contributed by atoms with Gasteiger partial charge in [0, 0.05) is 25.7 Å². The highest BCUT2D eigenvalue weighted by molar-refractivity contribution is 6.46. The van der Waals surface area contributed by atoms with Crippen molar-refractivity contribution in [2.24, 2.45) is 0 Å². The van der Waals surface area contributed by atoms with E-state index in [0.717, 1.165) is 32.5 Å². The molecule has 1 N–H and O–H groups in total. The first-order valence-electron chi connectivity index (χ1n) is 11.8. The molecule has 3 heterocycles. The molecule has 35 heavy (non-hydrogen) atoms. The summed E-state index contributed by atoms with van der Waals surface area (Å²) in [4.78, 5) is 30.6. The van der Waals surface area contributed by atoms with Gasteiger partial charge in [-0.1, -0.05) is 42.5 Å². The number of ether oxygens (including phenoxy) is 1. The Labute approximate surface area is 204 Å². The highest BCUT2D eigenvalue weighted by atomic mass is 16.5. The molecule has 2 aromatic carbocycles. The fraction of sp³-hybridized carbons (Fsp3) is 0.286. The standard InChI is InChI=1S/C28H28N2O5/c1-34-22-11-6-5-10-21(22)26(31)24-25(23-12-7-17-35-23)30(28(33)27(24)32)20-13-15-29(16-14-20)18-19-8-3-2-4-9-19/h2-12,17,20,25,31H,13-16,18H2,1H3/b26-24-. The summed E-state index contributed by atoms with van der Waals surface area (Å²) in [5.41, 5.74) is 1.64. The lowest BCUT2D eigenvalue weighted by Gasteiger charge is -2.38. The Morgan fingerprint density at radius 2 is 1.71 bits per heavy atom. The first-order valence-corrected chi connectivity index (χ1v) is 11.8. The van der Waals surface area contributed by atoms with E-state index < -0.39 is 17.7 Å². The molecule has 1 atom stereocenters. The zero-order valence-corrected chi connectivity index (χ0v) is 19.6. The molecule has 2 aliphatic rings. The van der Waals surface area contributed by atoms with Gasteiger partial charge in [0.1, 0.15) is 23.3 Å². The van der Waals surface area contributed by atoms with Crippen molar-refractivity contribution in [3.63, 3.8) is 0 Å². The minimum atomic E-state index is -0.791. The average molecular weight is 473 g/mol. The number of hydrogen-bond donors (Lipinski definition) is 1. The number of rotatable bonds is 6. The van der Waals surface area contributed by atoms with Crippen LogP contribution in [0.15, 0.2) is 83.0 Å². The van der Waals surface area contributed by atoms with Gasteiger partial charge in [-0.3, -0.25) is 14.5 Å². The van der Waals surface area contributed by atoms with Crippen molar-refractivity contribution in [1.29, 1.82) is 0 Å². The molecule has 2 saturated heterocycles. The van der Waals surface area contributed by atoms with E-state index in [4.69, 9.17) is 9.15 Å². The first-order chi connectivity index (χ1) is 17.1. The molecule has 0 saturated carbocycles. The summed E-state index contributed by atoms with van der Waals surface area (Å²) < 4.78 is 11.1. The van der Waals surface area contributed by atoms with E-state index in [2.05, 4.69) is 17.0 Å². The molecule has 2 fully saturated rings. The number of aliphatic hydroxyl groups excluding tert-OH is 1. The number of piperidine rings is 1. The van der Waals surface area contributed by atoms with Crippen molar-refractivity contribution in [2.75, 3.05) is 20.2 Å². The molecule has 5 rings (SSSR count). The fourth-order valence-corrected chi connectivity index (χ4v) is 5.14. The summed E-state index contributed by atoms with van der Waals surface area (Å²) in [6.45, 7) is 2.46. The molecule has 0 spiro atoms. The summed E-state index contributed by atoms with van der Waals surface area (Å²) in [6.07, 6.45) is 2.97. The van der Waals surface area contributed by atoms with Crippen LogP contribution in [0.2, 0.25) is 0 Å². The van der Waals surface area contributed by atoms with E-state index in [1.165, 1.54) is 18.9 Å². The van der Waals surface area contributed by atoms with Gasteiger partial charge < -0.3 is 19.2 Å². The monoisotopic (exact) mass is 472 g/mol. The summed E-state index contributed by atoms with van der Waals surface area (Å²) in [6, 6.07) is 19.7. The number of ketones is 1. The van der Waals surface area contributed by atoms with E-state index in [9.17, 15) is 14.7 Å². The maximum atomic E-state index is 13.3. The van der Waals surface area contributed by atoms with Crippen LogP contribution < -0.4 is 4.74 Å². The van der Waals surface area contributed by atoms with Crippen molar-refractivity contribution in [3.05, 3.63) is 95.5 Å². The number of aliphatic hydroxyl groups is 1. The molecule has 7 nitrogen and oxygen atoms in total. The van der Waals surface area contributed by atoms with Crippen molar-refractivity contribution >= 4 is 17.4 Å². The van der Waals surface area contributed by atoms with Gasteiger partial charge in [-0.15, -0.1) is 0 Å². The molecular weight excluding hydrogens is 444 g/mol. The smallest absolute Gasteiger partial charge is 0.296 e. The molecular formula is C28H28N2O5. The maximum absolute atomic E-state index is 13.3. The SMILES string of the molecule is COc1ccccc1/C(O)=C1/C(=O)C(=O)N(C2CCN(Cc3ccccc3)CC2)C1c1ccco1. The predicted molar refractivity (Wildman–Crippen MR) is 131 cm³/mol. The number of methoxy groups -OCH3 is 1. The Balaban J connectivity index is 1.45. The first kappa shape index (κ1) is 22.9. The van der Waals surface area contributed by atoms with Crippen molar-refractivity contribution in [3.8, 4) is 5.75 Å². The number of benzene rings is 2. The summed E-state index contributed by atoms with van der Waals surface area (Å²) in [5, 5.41) is 11.3.